The zero-order valence-electron chi connectivity index (χ0n) is 11.2. The van der Waals surface area contributed by atoms with Gasteiger partial charge in [0.15, 0.2) is 4.77 Å². The second kappa shape index (κ2) is 5.09. The Hall–Kier alpha value is -1.14. The van der Waals surface area contributed by atoms with Crippen LogP contribution in [-0.2, 0) is 6.54 Å². The van der Waals surface area contributed by atoms with Crippen molar-refractivity contribution in [1.29, 1.82) is 0 Å². The van der Waals surface area contributed by atoms with E-state index in [0.29, 0.717) is 16.9 Å². The van der Waals surface area contributed by atoms with Gasteiger partial charge in [-0.1, -0.05) is 0 Å². The molecule has 2 aromatic rings. The normalized spacial score (nSPS) is 15.1. The van der Waals surface area contributed by atoms with Crippen molar-refractivity contribution in [3.05, 3.63) is 27.2 Å². The Balaban J connectivity index is 1.94. The van der Waals surface area contributed by atoms with E-state index in [-0.39, 0.29) is 0 Å². The average Bonchev–Trinajstić information content (AvgIpc) is 2.93. The first kappa shape index (κ1) is 12.9. The van der Waals surface area contributed by atoms with Crippen molar-refractivity contribution in [1.82, 2.24) is 14.8 Å². The molecule has 0 amide bonds. The van der Waals surface area contributed by atoms with Crippen molar-refractivity contribution < 1.29 is 0 Å². The minimum Gasteiger partial charge on any atom is -0.334 e. The van der Waals surface area contributed by atoms with E-state index >= 15 is 0 Å². The molecule has 6 heteroatoms. The van der Waals surface area contributed by atoms with E-state index in [1.54, 1.807) is 11.3 Å². The molecule has 0 saturated heterocycles. The van der Waals surface area contributed by atoms with Gasteiger partial charge in [-0.25, -0.2) is 5.10 Å². The van der Waals surface area contributed by atoms with Gasteiger partial charge in [-0.05, 0) is 61.3 Å². The smallest absolute Gasteiger partial charge is 0.226 e. The fourth-order valence-electron chi connectivity index (χ4n) is 2.29. The predicted octanol–water partition coefficient (Wildman–Crippen LogP) is 3.75. The van der Waals surface area contributed by atoms with Crippen LogP contribution in [0.4, 0.5) is 5.95 Å². The van der Waals surface area contributed by atoms with Gasteiger partial charge in [0.25, 0.3) is 0 Å². The van der Waals surface area contributed by atoms with Crippen LogP contribution in [0.2, 0.25) is 0 Å². The molecule has 0 bridgehead atoms. The fraction of sp³-hybridized carbons (Fsp3) is 0.538. The lowest BCUT2D eigenvalue weighted by atomic mass is 10.3. The van der Waals surface area contributed by atoms with Gasteiger partial charge in [0.2, 0.25) is 5.95 Å². The molecule has 0 spiro atoms. The summed E-state index contributed by atoms with van der Waals surface area (Å²) >= 11 is 7.09. The Morgan fingerprint density at radius 2 is 2.37 bits per heavy atom. The number of hydrogen-bond donors (Lipinski definition) is 1. The molecule has 4 nitrogen and oxygen atoms in total. The Bertz CT molecular complexity index is 592. The zero-order chi connectivity index (χ0) is 13.4. The van der Waals surface area contributed by atoms with Gasteiger partial charge >= 0.3 is 0 Å². The predicted molar refractivity (Wildman–Crippen MR) is 81.3 cm³/mol. The number of aromatic nitrogens is 3. The molecule has 102 valence electrons. The van der Waals surface area contributed by atoms with E-state index in [9.17, 15) is 0 Å². The van der Waals surface area contributed by atoms with Crippen molar-refractivity contribution in [2.24, 2.45) is 0 Å². The van der Waals surface area contributed by atoms with Gasteiger partial charge in [0.05, 0.1) is 0 Å². The first-order chi connectivity index (χ1) is 9.16. The van der Waals surface area contributed by atoms with Crippen molar-refractivity contribution >= 4 is 29.5 Å². The summed E-state index contributed by atoms with van der Waals surface area (Å²) in [5.74, 6) is 0.980. The van der Waals surface area contributed by atoms with Crippen LogP contribution in [0.5, 0.6) is 0 Å². The number of aromatic amines is 1. The van der Waals surface area contributed by atoms with E-state index in [4.69, 9.17) is 12.2 Å². The second-order valence-corrected chi connectivity index (χ2v) is 6.45. The maximum Gasteiger partial charge on any atom is 0.226 e. The zero-order valence-corrected chi connectivity index (χ0v) is 12.8. The van der Waals surface area contributed by atoms with E-state index in [2.05, 4.69) is 50.3 Å². The van der Waals surface area contributed by atoms with Crippen LogP contribution in [0.1, 0.15) is 38.3 Å². The van der Waals surface area contributed by atoms with E-state index in [0.717, 1.165) is 12.5 Å². The van der Waals surface area contributed by atoms with E-state index < -0.39 is 0 Å². The topological polar surface area (TPSA) is 36.9 Å². The highest BCUT2D eigenvalue weighted by Gasteiger charge is 2.32. The van der Waals surface area contributed by atoms with Crippen molar-refractivity contribution in [3.63, 3.8) is 0 Å². The molecule has 0 atom stereocenters. The monoisotopic (exact) mass is 294 g/mol. The summed E-state index contributed by atoms with van der Waals surface area (Å²) in [6, 6.07) is 3.12. The van der Waals surface area contributed by atoms with Gasteiger partial charge in [-0.3, -0.25) is 4.57 Å². The number of nitrogens with one attached hydrogen (secondary N) is 1. The standard InChI is InChI=1S/C13H18N4S2/c1-9(2)17-12(14-15-13(17)18)16(11-3-4-11)7-10-5-6-19-8-10/h5-6,8-9,11H,3-4,7H2,1-2H3,(H,15,18). The molecule has 19 heavy (non-hydrogen) atoms. The summed E-state index contributed by atoms with van der Waals surface area (Å²) in [7, 11) is 0. The van der Waals surface area contributed by atoms with Gasteiger partial charge in [-0.15, -0.1) is 5.10 Å². The summed E-state index contributed by atoms with van der Waals surface area (Å²) < 4.78 is 2.82. The molecule has 1 N–H and O–H groups in total. The molecular formula is C13H18N4S2. The molecule has 1 saturated carbocycles. The largest absolute Gasteiger partial charge is 0.334 e. The number of thiophene rings is 1. The summed E-state index contributed by atoms with van der Waals surface area (Å²) in [4.78, 5) is 2.38. The first-order valence-corrected chi connectivity index (χ1v) is 7.96. The number of nitrogens with zero attached hydrogens (tertiary/aromatic N) is 3. The SMILES string of the molecule is CC(C)n1c(N(Cc2ccsc2)C2CC2)n[nH]c1=S. The lowest BCUT2D eigenvalue weighted by Crippen LogP contribution is -2.28. The lowest BCUT2D eigenvalue weighted by Gasteiger charge is -2.24. The summed E-state index contributed by atoms with van der Waals surface area (Å²) in [5, 5.41) is 11.7. The molecule has 0 aromatic carbocycles. The van der Waals surface area contributed by atoms with Crippen LogP contribution in [0, 0.1) is 4.77 Å². The summed E-state index contributed by atoms with van der Waals surface area (Å²) in [6.07, 6.45) is 2.50. The van der Waals surface area contributed by atoms with Crippen LogP contribution in [-0.4, -0.2) is 20.8 Å². The van der Waals surface area contributed by atoms with Crippen molar-refractivity contribution in [2.45, 2.75) is 45.3 Å². The molecule has 1 aliphatic rings. The van der Waals surface area contributed by atoms with Crippen molar-refractivity contribution in [3.8, 4) is 0 Å². The van der Waals surface area contributed by atoms with Crippen LogP contribution in [0.25, 0.3) is 0 Å². The van der Waals surface area contributed by atoms with E-state index in [1.165, 1.54) is 18.4 Å². The van der Waals surface area contributed by atoms with Crippen molar-refractivity contribution in [2.75, 3.05) is 4.90 Å². The minimum atomic E-state index is 0.324. The average molecular weight is 294 g/mol. The van der Waals surface area contributed by atoms with Gasteiger partial charge in [0, 0.05) is 18.6 Å². The third-order valence-electron chi connectivity index (χ3n) is 3.38. The first-order valence-electron chi connectivity index (χ1n) is 6.61. The third-order valence-corrected chi connectivity index (χ3v) is 4.40. The number of rotatable bonds is 5. The van der Waals surface area contributed by atoms with Gasteiger partial charge < -0.3 is 4.90 Å². The highest BCUT2D eigenvalue weighted by molar-refractivity contribution is 7.71. The van der Waals surface area contributed by atoms with Crippen LogP contribution in [0.3, 0.4) is 0 Å². The van der Waals surface area contributed by atoms with Gasteiger partial charge in [-0.2, -0.15) is 11.3 Å². The molecule has 0 unspecified atom stereocenters. The molecule has 0 radical (unpaired) electrons. The Morgan fingerprint density at radius 1 is 1.58 bits per heavy atom. The van der Waals surface area contributed by atoms with Crippen LogP contribution >= 0.6 is 23.6 Å². The highest BCUT2D eigenvalue weighted by atomic mass is 32.1. The molecule has 1 aliphatic carbocycles. The molecule has 2 aromatic heterocycles. The summed E-state index contributed by atoms with van der Waals surface area (Å²) in [5.41, 5.74) is 1.35. The molecular weight excluding hydrogens is 276 g/mol. The third kappa shape index (κ3) is 2.60. The molecule has 1 fully saturated rings. The molecule has 3 rings (SSSR count). The Labute approximate surface area is 122 Å². The molecule has 0 aliphatic heterocycles. The summed E-state index contributed by atoms with van der Waals surface area (Å²) in [6.45, 7) is 5.20. The highest BCUT2D eigenvalue weighted by Crippen LogP contribution is 2.33. The maximum absolute atomic E-state index is 5.34. The lowest BCUT2D eigenvalue weighted by molar-refractivity contribution is 0.574. The number of H-pyrrole nitrogens is 1. The second-order valence-electron chi connectivity index (χ2n) is 5.28. The van der Waals surface area contributed by atoms with Gasteiger partial charge in [0.1, 0.15) is 0 Å². The van der Waals surface area contributed by atoms with E-state index in [1.807, 2.05) is 0 Å². The maximum atomic E-state index is 5.34. The Morgan fingerprint density at radius 3 is 2.95 bits per heavy atom. The number of anilines is 1. The Kier molecular flexibility index (Phi) is 3.45. The fourth-order valence-corrected chi connectivity index (χ4v) is 3.29. The molecule has 2 heterocycles. The quantitative estimate of drug-likeness (QED) is 0.853. The minimum absolute atomic E-state index is 0.324. The van der Waals surface area contributed by atoms with Crippen LogP contribution in [0.15, 0.2) is 16.8 Å². The van der Waals surface area contributed by atoms with Crippen LogP contribution < -0.4 is 4.90 Å². The number of hydrogen-bond acceptors (Lipinski definition) is 4.